The summed E-state index contributed by atoms with van der Waals surface area (Å²) in [6.07, 6.45) is 2.15. The van der Waals surface area contributed by atoms with Crippen molar-refractivity contribution in [3.63, 3.8) is 0 Å². The van der Waals surface area contributed by atoms with E-state index in [2.05, 4.69) is 5.32 Å². The van der Waals surface area contributed by atoms with E-state index in [-0.39, 0.29) is 48.7 Å². The first-order valence-corrected chi connectivity index (χ1v) is 15.8. The van der Waals surface area contributed by atoms with Crippen LogP contribution in [0.5, 0.6) is 5.75 Å². The Morgan fingerprint density at radius 3 is 2.49 bits per heavy atom. The summed E-state index contributed by atoms with van der Waals surface area (Å²) < 4.78 is 50.4. The Morgan fingerprint density at radius 1 is 1.02 bits per heavy atom. The molecule has 4 aromatic rings. The Labute approximate surface area is 260 Å². The van der Waals surface area contributed by atoms with Gasteiger partial charge in [0, 0.05) is 37.5 Å². The SMILES string of the molecule is COc1ccc(S(=O)(=O)N(CCO)CCO[C@@H]2C[C@H](c3coc4ccccc4c3=O)C=C(C(=O)NCc3ccccc3)O2)cc1. The zero-order chi connectivity index (χ0) is 31.8. The zero-order valence-electron chi connectivity index (χ0n) is 24.6. The second-order valence-electron chi connectivity index (χ2n) is 10.3. The van der Waals surface area contributed by atoms with Crippen LogP contribution in [0.15, 0.2) is 111 Å². The Kier molecular flexibility index (Phi) is 10.3. The summed E-state index contributed by atoms with van der Waals surface area (Å²) in [6.45, 7) is -0.510. The summed E-state index contributed by atoms with van der Waals surface area (Å²) in [4.78, 5) is 26.6. The van der Waals surface area contributed by atoms with Crippen molar-refractivity contribution in [2.24, 2.45) is 0 Å². The predicted molar refractivity (Wildman–Crippen MR) is 166 cm³/mol. The van der Waals surface area contributed by atoms with Crippen LogP contribution in [0.25, 0.3) is 11.0 Å². The molecule has 12 heteroatoms. The maximum Gasteiger partial charge on any atom is 0.286 e. The molecule has 1 aliphatic rings. The molecule has 2 atom stereocenters. The van der Waals surface area contributed by atoms with E-state index in [9.17, 15) is 23.1 Å². The third kappa shape index (κ3) is 7.60. The van der Waals surface area contributed by atoms with Gasteiger partial charge in [0.1, 0.15) is 11.3 Å². The van der Waals surface area contributed by atoms with Gasteiger partial charge in [-0.3, -0.25) is 9.59 Å². The van der Waals surface area contributed by atoms with Crippen molar-refractivity contribution >= 4 is 26.9 Å². The first kappa shape index (κ1) is 31.9. The van der Waals surface area contributed by atoms with E-state index in [1.54, 1.807) is 30.3 Å². The highest BCUT2D eigenvalue weighted by atomic mass is 32.2. The number of para-hydroxylation sites is 1. The topological polar surface area (TPSA) is 145 Å². The molecular weight excluding hydrogens is 600 g/mol. The van der Waals surface area contributed by atoms with E-state index < -0.39 is 34.7 Å². The largest absolute Gasteiger partial charge is 0.497 e. The Hall–Kier alpha value is -4.49. The standard InChI is InChI=1S/C33H34N2O9S/c1-41-25-11-13-26(14-12-25)45(39,40)35(15-17-36)16-18-42-31-20-24(28-22-43-29-10-6-5-9-27(29)32(28)37)19-30(44-31)33(38)34-21-23-7-3-2-4-8-23/h2-14,19,22,24,31,36H,15-18,20-21H2,1H3,(H,34,38)/t24-,31+/m1/s1. The molecule has 0 unspecified atom stereocenters. The van der Waals surface area contributed by atoms with E-state index >= 15 is 0 Å². The maximum atomic E-state index is 13.4. The van der Waals surface area contributed by atoms with Crippen LogP contribution in [0.1, 0.15) is 23.5 Å². The molecule has 45 heavy (non-hydrogen) atoms. The van der Waals surface area contributed by atoms with Crippen LogP contribution < -0.4 is 15.5 Å². The summed E-state index contributed by atoms with van der Waals surface area (Å²) in [5.41, 5.74) is 1.44. The quantitative estimate of drug-likeness (QED) is 0.226. The number of carbonyl (C=O) groups is 1. The van der Waals surface area contributed by atoms with Crippen LogP contribution in [0.2, 0.25) is 0 Å². The lowest BCUT2D eigenvalue weighted by molar-refractivity contribution is -0.146. The van der Waals surface area contributed by atoms with E-state index in [1.165, 1.54) is 37.6 Å². The normalized spacial score (nSPS) is 16.6. The molecule has 2 N–H and O–H groups in total. The van der Waals surface area contributed by atoms with Crippen molar-refractivity contribution in [3.8, 4) is 5.75 Å². The number of carbonyl (C=O) groups excluding carboxylic acids is 1. The minimum Gasteiger partial charge on any atom is -0.497 e. The second kappa shape index (κ2) is 14.5. The van der Waals surface area contributed by atoms with Gasteiger partial charge in [0.05, 0.1) is 36.9 Å². The van der Waals surface area contributed by atoms with E-state index in [4.69, 9.17) is 18.6 Å². The minimum absolute atomic E-state index is 0.0298. The van der Waals surface area contributed by atoms with Crippen molar-refractivity contribution in [2.45, 2.75) is 30.1 Å². The van der Waals surface area contributed by atoms with Crippen molar-refractivity contribution in [1.29, 1.82) is 0 Å². The van der Waals surface area contributed by atoms with Crippen LogP contribution in [0.3, 0.4) is 0 Å². The van der Waals surface area contributed by atoms with Crippen molar-refractivity contribution in [1.82, 2.24) is 9.62 Å². The molecule has 0 bridgehead atoms. The molecule has 0 fully saturated rings. The van der Waals surface area contributed by atoms with Crippen LogP contribution in [-0.4, -0.2) is 63.4 Å². The first-order chi connectivity index (χ1) is 21.8. The van der Waals surface area contributed by atoms with E-state index in [1.807, 2.05) is 30.3 Å². The van der Waals surface area contributed by atoms with Crippen LogP contribution in [-0.2, 0) is 30.8 Å². The molecular formula is C33H34N2O9S. The number of nitrogens with zero attached hydrogens (tertiary/aromatic N) is 1. The predicted octanol–water partition coefficient (Wildman–Crippen LogP) is 3.53. The fourth-order valence-corrected chi connectivity index (χ4v) is 6.41. The molecule has 0 saturated heterocycles. The van der Waals surface area contributed by atoms with Crippen molar-refractivity contribution in [3.05, 3.63) is 118 Å². The van der Waals surface area contributed by atoms with Gasteiger partial charge in [0.15, 0.2) is 11.2 Å². The Bertz CT molecular complexity index is 1810. The van der Waals surface area contributed by atoms with Gasteiger partial charge in [-0.15, -0.1) is 0 Å². The number of allylic oxidation sites excluding steroid dienone is 1. The van der Waals surface area contributed by atoms with Crippen LogP contribution in [0, 0.1) is 0 Å². The smallest absolute Gasteiger partial charge is 0.286 e. The highest BCUT2D eigenvalue weighted by Gasteiger charge is 2.31. The summed E-state index contributed by atoms with van der Waals surface area (Å²) in [7, 11) is -2.48. The lowest BCUT2D eigenvalue weighted by Crippen LogP contribution is -2.38. The number of aliphatic hydroxyl groups is 1. The molecule has 0 spiro atoms. The zero-order valence-corrected chi connectivity index (χ0v) is 25.4. The average molecular weight is 635 g/mol. The van der Waals surface area contributed by atoms with Crippen LogP contribution in [0.4, 0.5) is 0 Å². The third-order valence-corrected chi connectivity index (χ3v) is 9.29. The molecule has 1 amide bonds. The van der Waals surface area contributed by atoms with E-state index in [0.29, 0.717) is 22.3 Å². The maximum absolute atomic E-state index is 13.4. The molecule has 1 aliphatic heterocycles. The van der Waals surface area contributed by atoms with Gasteiger partial charge in [0.2, 0.25) is 16.3 Å². The molecule has 3 aromatic carbocycles. The van der Waals surface area contributed by atoms with Gasteiger partial charge >= 0.3 is 0 Å². The summed E-state index contributed by atoms with van der Waals surface area (Å²) in [5.74, 6) is -0.602. The number of benzene rings is 3. The fraction of sp³-hybridized carbons (Fsp3) is 0.273. The number of ether oxygens (including phenoxy) is 3. The molecule has 0 aliphatic carbocycles. The number of amides is 1. The van der Waals surface area contributed by atoms with Gasteiger partial charge in [0.25, 0.3) is 5.91 Å². The van der Waals surface area contributed by atoms with Gasteiger partial charge in [-0.05, 0) is 48.0 Å². The van der Waals surface area contributed by atoms with E-state index in [0.717, 1.165) is 9.87 Å². The fourth-order valence-electron chi connectivity index (χ4n) is 5.00. The second-order valence-corrected chi connectivity index (χ2v) is 12.2. The molecule has 11 nitrogen and oxygen atoms in total. The highest BCUT2D eigenvalue weighted by molar-refractivity contribution is 7.89. The summed E-state index contributed by atoms with van der Waals surface area (Å²) in [5, 5.41) is 12.8. The molecule has 0 saturated carbocycles. The van der Waals surface area contributed by atoms with Crippen molar-refractivity contribution < 1.29 is 36.9 Å². The first-order valence-electron chi connectivity index (χ1n) is 14.4. The van der Waals surface area contributed by atoms with Crippen LogP contribution >= 0.6 is 0 Å². The minimum atomic E-state index is -3.96. The summed E-state index contributed by atoms with van der Waals surface area (Å²) >= 11 is 0. The number of hydrogen-bond donors (Lipinski definition) is 2. The average Bonchev–Trinajstić information content (AvgIpc) is 3.07. The monoisotopic (exact) mass is 634 g/mol. The number of nitrogens with one attached hydrogen (secondary N) is 1. The number of fused-ring (bicyclic) bond motifs is 1. The molecule has 5 rings (SSSR count). The Balaban J connectivity index is 1.34. The molecule has 1 aromatic heterocycles. The number of hydrogen-bond acceptors (Lipinski definition) is 9. The van der Waals surface area contributed by atoms with Gasteiger partial charge < -0.3 is 29.1 Å². The van der Waals surface area contributed by atoms with Gasteiger partial charge in [-0.25, -0.2) is 8.42 Å². The van der Waals surface area contributed by atoms with Crippen molar-refractivity contribution in [2.75, 3.05) is 33.4 Å². The lowest BCUT2D eigenvalue weighted by Gasteiger charge is -2.30. The summed E-state index contributed by atoms with van der Waals surface area (Å²) in [6, 6.07) is 22.2. The number of sulfonamides is 1. The highest BCUT2D eigenvalue weighted by Crippen LogP contribution is 2.31. The molecule has 0 radical (unpaired) electrons. The number of methoxy groups -OCH3 is 1. The number of aliphatic hydroxyl groups excluding tert-OH is 1. The lowest BCUT2D eigenvalue weighted by atomic mass is 9.93. The Morgan fingerprint density at radius 2 is 1.76 bits per heavy atom. The van der Waals surface area contributed by atoms with Gasteiger partial charge in [-0.1, -0.05) is 42.5 Å². The van der Waals surface area contributed by atoms with Gasteiger partial charge in [-0.2, -0.15) is 4.31 Å². The molecule has 2 heterocycles. The molecule has 236 valence electrons. The third-order valence-electron chi connectivity index (χ3n) is 7.37. The number of rotatable bonds is 13.